The van der Waals surface area contributed by atoms with E-state index in [0.29, 0.717) is 11.4 Å². The number of furan rings is 1. The summed E-state index contributed by atoms with van der Waals surface area (Å²) in [6.07, 6.45) is 4.33. The minimum Gasteiger partial charge on any atom is -0.472 e. The molecule has 8 heteroatoms. The second kappa shape index (κ2) is 6.50. The molecule has 0 aliphatic carbocycles. The van der Waals surface area contributed by atoms with E-state index in [4.69, 9.17) is 4.42 Å². The van der Waals surface area contributed by atoms with E-state index < -0.39 is 0 Å². The largest absolute Gasteiger partial charge is 0.472 e. The lowest BCUT2D eigenvalue weighted by molar-refractivity contribution is -0.121. The molecule has 2 amide bonds. The molecule has 0 fully saturated rings. The maximum Gasteiger partial charge on any atom is 0.254 e. The van der Waals surface area contributed by atoms with Crippen LogP contribution in [0.15, 0.2) is 29.3 Å². The number of rotatable bonds is 6. The summed E-state index contributed by atoms with van der Waals surface area (Å²) < 4.78 is 4.80. The summed E-state index contributed by atoms with van der Waals surface area (Å²) in [4.78, 5) is 27.2. The number of carbonyl (C=O) groups excluding carboxylic acids is 2. The van der Waals surface area contributed by atoms with E-state index in [1.807, 2.05) is 0 Å². The molecule has 3 N–H and O–H groups in total. The van der Waals surface area contributed by atoms with Crippen molar-refractivity contribution >= 4 is 11.8 Å². The lowest BCUT2D eigenvalue weighted by atomic mass is 10.3. The summed E-state index contributed by atoms with van der Waals surface area (Å²) in [6, 6.07) is 1.30. The van der Waals surface area contributed by atoms with Crippen molar-refractivity contribution in [3.63, 3.8) is 0 Å². The highest BCUT2D eigenvalue weighted by Gasteiger charge is 2.12. The van der Waals surface area contributed by atoms with Crippen LogP contribution >= 0.6 is 0 Å². The number of amides is 2. The van der Waals surface area contributed by atoms with Gasteiger partial charge < -0.3 is 15.1 Å². The molecule has 2 aromatic heterocycles. The van der Waals surface area contributed by atoms with E-state index in [2.05, 4.69) is 25.8 Å². The van der Waals surface area contributed by atoms with Crippen molar-refractivity contribution in [1.82, 2.24) is 25.8 Å². The molecule has 20 heavy (non-hydrogen) atoms. The standard InChI is InChI=1S/C12H15N5O3/c1-8(11-14-7-15-17-11)16-10(18)2-4-13-12(19)9-3-5-20-6-9/h3,5-8H,2,4H2,1H3,(H,13,19)(H,16,18)(H,14,15,17). The van der Waals surface area contributed by atoms with Crippen molar-refractivity contribution in [2.24, 2.45) is 0 Å². The van der Waals surface area contributed by atoms with Gasteiger partial charge in [0.25, 0.3) is 5.91 Å². The fraction of sp³-hybridized carbons (Fsp3) is 0.333. The zero-order valence-corrected chi connectivity index (χ0v) is 10.9. The third-order valence-electron chi connectivity index (χ3n) is 2.64. The maximum atomic E-state index is 11.7. The number of aromatic amines is 1. The molecule has 106 valence electrons. The van der Waals surface area contributed by atoms with Gasteiger partial charge in [0.1, 0.15) is 18.4 Å². The quantitative estimate of drug-likeness (QED) is 0.707. The van der Waals surface area contributed by atoms with Crippen LogP contribution < -0.4 is 10.6 Å². The first-order valence-corrected chi connectivity index (χ1v) is 6.12. The lowest BCUT2D eigenvalue weighted by Crippen LogP contribution is -2.32. The number of carbonyl (C=O) groups is 2. The summed E-state index contributed by atoms with van der Waals surface area (Å²) in [5, 5.41) is 11.8. The first kappa shape index (κ1) is 13.8. The molecule has 0 saturated carbocycles. The van der Waals surface area contributed by atoms with Crippen molar-refractivity contribution in [1.29, 1.82) is 0 Å². The average Bonchev–Trinajstić information content (AvgIpc) is 3.12. The first-order chi connectivity index (χ1) is 9.66. The SMILES string of the molecule is CC(NC(=O)CCNC(=O)c1ccoc1)c1ncn[nH]1. The van der Waals surface area contributed by atoms with Crippen LogP contribution in [-0.2, 0) is 4.79 Å². The molecule has 1 unspecified atom stereocenters. The fourth-order valence-corrected chi connectivity index (χ4v) is 1.59. The Hall–Kier alpha value is -2.64. The Morgan fingerprint density at radius 3 is 3.00 bits per heavy atom. The van der Waals surface area contributed by atoms with Crippen LogP contribution in [0.3, 0.4) is 0 Å². The molecule has 0 spiro atoms. The third-order valence-corrected chi connectivity index (χ3v) is 2.64. The molecule has 1 atom stereocenters. The summed E-state index contributed by atoms with van der Waals surface area (Å²) in [6.45, 7) is 2.04. The van der Waals surface area contributed by atoms with Crippen LogP contribution in [0.25, 0.3) is 0 Å². The van der Waals surface area contributed by atoms with Gasteiger partial charge in [0.05, 0.1) is 17.9 Å². The Morgan fingerprint density at radius 2 is 2.35 bits per heavy atom. The highest BCUT2D eigenvalue weighted by atomic mass is 16.3. The molecule has 0 aromatic carbocycles. The van der Waals surface area contributed by atoms with Crippen molar-refractivity contribution in [2.45, 2.75) is 19.4 Å². The van der Waals surface area contributed by atoms with Crippen LogP contribution in [0.1, 0.15) is 35.6 Å². The van der Waals surface area contributed by atoms with Crippen molar-refractivity contribution in [2.75, 3.05) is 6.54 Å². The van der Waals surface area contributed by atoms with Gasteiger partial charge in [-0.05, 0) is 13.0 Å². The van der Waals surface area contributed by atoms with Crippen molar-refractivity contribution in [3.05, 3.63) is 36.3 Å². The predicted molar refractivity (Wildman–Crippen MR) is 68.6 cm³/mol. The minimum absolute atomic E-state index is 0.179. The van der Waals surface area contributed by atoms with Gasteiger partial charge in [-0.3, -0.25) is 14.7 Å². The van der Waals surface area contributed by atoms with Crippen LogP contribution in [0, 0.1) is 0 Å². The Morgan fingerprint density at radius 1 is 1.50 bits per heavy atom. The van der Waals surface area contributed by atoms with Gasteiger partial charge in [0, 0.05) is 13.0 Å². The molecule has 0 aliphatic rings. The molecule has 2 heterocycles. The minimum atomic E-state index is -0.269. The van der Waals surface area contributed by atoms with Crippen LogP contribution in [0.4, 0.5) is 0 Å². The van der Waals surface area contributed by atoms with Crippen LogP contribution in [-0.4, -0.2) is 33.5 Å². The summed E-state index contributed by atoms with van der Waals surface area (Å²) >= 11 is 0. The summed E-state index contributed by atoms with van der Waals surface area (Å²) in [5.41, 5.74) is 0.431. The normalized spacial score (nSPS) is 11.8. The number of hydrogen-bond acceptors (Lipinski definition) is 5. The average molecular weight is 277 g/mol. The van der Waals surface area contributed by atoms with E-state index in [1.54, 1.807) is 13.0 Å². The zero-order valence-electron chi connectivity index (χ0n) is 10.9. The first-order valence-electron chi connectivity index (χ1n) is 6.12. The topological polar surface area (TPSA) is 113 Å². The Balaban J connectivity index is 1.69. The molecule has 8 nitrogen and oxygen atoms in total. The summed E-state index contributed by atoms with van der Waals surface area (Å²) in [7, 11) is 0. The van der Waals surface area contributed by atoms with E-state index in [0.717, 1.165) is 0 Å². The maximum absolute atomic E-state index is 11.7. The molecule has 0 bridgehead atoms. The summed E-state index contributed by atoms with van der Waals surface area (Å²) in [5.74, 6) is 0.136. The van der Waals surface area contributed by atoms with Gasteiger partial charge in [0.2, 0.25) is 5.91 Å². The van der Waals surface area contributed by atoms with Gasteiger partial charge in [-0.1, -0.05) is 0 Å². The molecule has 0 saturated heterocycles. The molecule has 0 aliphatic heterocycles. The van der Waals surface area contributed by atoms with Crippen LogP contribution in [0.2, 0.25) is 0 Å². The number of aromatic nitrogens is 3. The van der Waals surface area contributed by atoms with Gasteiger partial charge >= 0.3 is 0 Å². The molecule has 2 rings (SSSR count). The fourth-order valence-electron chi connectivity index (χ4n) is 1.59. The van der Waals surface area contributed by atoms with E-state index in [9.17, 15) is 9.59 Å². The third kappa shape index (κ3) is 3.67. The zero-order chi connectivity index (χ0) is 14.4. The second-order valence-corrected chi connectivity index (χ2v) is 4.18. The Kier molecular flexibility index (Phi) is 4.48. The van der Waals surface area contributed by atoms with E-state index >= 15 is 0 Å². The number of nitrogens with one attached hydrogen (secondary N) is 3. The van der Waals surface area contributed by atoms with Gasteiger partial charge in [-0.2, -0.15) is 5.10 Å². The van der Waals surface area contributed by atoms with Gasteiger partial charge in [-0.25, -0.2) is 4.98 Å². The molecular weight excluding hydrogens is 262 g/mol. The van der Waals surface area contributed by atoms with Crippen LogP contribution in [0.5, 0.6) is 0 Å². The van der Waals surface area contributed by atoms with Crippen molar-refractivity contribution < 1.29 is 14.0 Å². The van der Waals surface area contributed by atoms with Gasteiger partial charge in [-0.15, -0.1) is 0 Å². The highest BCUT2D eigenvalue weighted by Crippen LogP contribution is 2.04. The number of nitrogens with zero attached hydrogens (tertiary/aromatic N) is 2. The second-order valence-electron chi connectivity index (χ2n) is 4.18. The highest BCUT2D eigenvalue weighted by molar-refractivity contribution is 5.94. The number of H-pyrrole nitrogens is 1. The monoisotopic (exact) mass is 277 g/mol. The molecular formula is C12H15N5O3. The number of hydrogen-bond donors (Lipinski definition) is 3. The lowest BCUT2D eigenvalue weighted by Gasteiger charge is -2.11. The molecule has 2 aromatic rings. The van der Waals surface area contributed by atoms with Gasteiger partial charge in [0.15, 0.2) is 0 Å². The molecule has 0 radical (unpaired) electrons. The predicted octanol–water partition coefficient (Wildman–Crippen LogP) is 0.395. The van der Waals surface area contributed by atoms with E-state index in [1.165, 1.54) is 18.9 Å². The smallest absolute Gasteiger partial charge is 0.254 e. The Bertz CT molecular complexity index is 550. The van der Waals surface area contributed by atoms with E-state index in [-0.39, 0.29) is 30.8 Å². The Labute approximate surface area is 115 Å². The van der Waals surface area contributed by atoms with Crippen molar-refractivity contribution in [3.8, 4) is 0 Å².